The Labute approximate surface area is 165 Å². The normalized spacial score (nSPS) is 14.3. The Balaban J connectivity index is 1.96. The van der Waals surface area contributed by atoms with Crippen LogP contribution >= 0.6 is 11.6 Å². The number of ether oxygens (including phenoxy) is 2. The highest BCUT2D eigenvalue weighted by atomic mass is 35.5. The second-order valence-corrected chi connectivity index (χ2v) is 6.60. The zero-order chi connectivity index (χ0) is 19.7. The molecule has 0 saturated carbocycles. The number of carbonyl (C=O) groups excluding carboxylic acids is 1. The van der Waals surface area contributed by atoms with E-state index in [0.717, 1.165) is 0 Å². The first-order valence-corrected chi connectivity index (χ1v) is 9.03. The Morgan fingerprint density at radius 2 is 1.86 bits per heavy atom. The number of nitrogens with zero attached hydrogens (tertiary/aromatic N) is 4. The van der Waals surface area contributed by atoms with Gasteiger partial charge in [0, 0.05) is 18.7 Å². The second-order valence-electron chi connectivity index (χ2n) is 6.20. The van der Waals surface area contributed by atoms with Crippen LogP contribution in [0.3, 0.4) is 0 Å². The van der Waals surface area contributed by atoms with Crippen LogP contribution in [-0.4, -0.2) is 59.4 Å². The number of hydrogen-bond donors (Lipinski definition) is 1. The van der Waals surface area contributed by atoms with Crippen molar-refractivity contribution in [2.45, 2.75) is 0 Å². The highest BCUT2D eigenvalue weighted by molar-refractivity contribution is 6.35. The molecule has 0 amide bonds. The average Bonchev–Trinajstić information content (AvgIpc) is 2.73. The van der Waals surface area contributed by atoms with E-state index in [2.05, 4.69) is 9.97 Å². The molecule has 1 aromatic carbocycles. The van der Waals surface area contributed by atoms with Crippen molar-refractivity contribution >= 4 is 34.6 Å². The standard InChI is InChI=1S/C19H17ClN4O4/c1-27-18(26)14-10-13(20)16-17(21-14)15(11-2-4-12(25)5-3-11)22-19(23-16)24-6-8-28-9-7-24/h2-5,10,25H,6-9H2,1H3. The fraction of sp³-hybridized carbons (Fsp3) is 0.263. The monoisotopic (exact) mass is 400 g/mol. The van der Waals surface area contributed by atoms with Gasteiger partial charge in [0.25, 0.3) is 0 Å². The minimum atomic E-state index is -0.599. The number of aromatic hydroxyl groups is 1. The molecule has 0 spiro atoms. The fourth-order valence-corrected chi connectivity index (χ4v) is 3.23. The van der Waals surface area contributed by atoms with Crippen molar-refractivity contribution in [3.63, 3.8) is 0 Å². The fourth-order valence-electron chi connectivity index (χ4n) is 2.99. The van der Waals surface area contributed by atoms with Crippen molar-refractivity contribution in [3.05, 3.63) is 41.0 Å². The summed E-state index contributed by atoms with van der Waals surface area (Å²) in [5, 5.41) is 9.90. The van der Waals surface area contributed by atoms with Gasteiger partial charge in [0.05, 0.1) is 25.3 Å². The van der Waals surface area contributed by atoms with Gasteiger partial charge >= 0.3 is 5.97 Å². The van der Waals surface area contributed by atoms with Gasteiger partial charge in [-0.05, 0) is 30.3 Å². The molecular weight excluding hydrogens is 384 g/mol. The van der Waals surface area contributed by atoms with Gasteiger partial charge in [0.1, 0.15) is 22.5 Å². The van der Waals surface area contributed by atoms with Gasteiger partial charge in [-0.25, -0.2) is 19.7 Å². The van der Waals surface area contributed by atoms with E-state index in [9.17, 15) is 9.90 Å². The van der Waals surface area contributed by atoms with Crippen molar-refractivity contribution in [1.82, 2.24) is 15.0 Å². The first kappa shape index (κ1) is 18.4. The smallest absolute Gasteiger partial charge is 0.356 e. The molecule has 28 heavy (non-hydrogen) atoms. The van der Waals surface area contributed by atoms with Crippen LogP contribution in [0.2, 0.25) is 5.02 Å². The van der Waals surface area contributed by atoms with Crippen molar-refractivity contribution in [2.75, 3.05) is 38.3 Å². The Morgan fingerprint density at radius 3 is 2.54 bits per heavy atom. The molecule has 0 radical (unpaired) electrons. The maximum absolute atomic E-state index is 12.0. The van der Waals surface area contributed by atoms with E-state index in [-0.39, 0.29) is 16.5 Å². The molecule has 2 aromatic heterocycles. The first-order valence-electron chi connectivity index (χ1n) is 8.65. The molecule has 0 atom stereocenters. The van der Waals surface area contributed by atoms with E-state index in [0.29, 0.717) is 54.5 Å². The number of aromatic nitrogens is 3. The average molecular weight is 401 g/mol. The number of pyridine rings is 1. The van der Waals surface area contributed by atoms with Crippen molar-refractivity contribution < 1.29 is 19.4 Å². The van der Waals surface area contributed by atoms with Gasteiger partial charge < -0.3 is 19.5 Å². The second kappa shape index (κ2) is 7.57. The minimum absolute atomic E-state index is 0.0720. The SMILES string of the molecule is COC(=O)c1cc(Cl)c2nc(N3CCOCC3)nc(-c3ccc(O)cc3)c2n1. The van der Waals surface area contributed by atoms with Crippen LogP contribution in [-0.2, 0) is 9.47 Å². The van der Waals surface area contributed by atoms with Gasteiger partial charge in [-0.15, -0.1) is 0 Å². The Kier molecular flexibility index (Phi) is 4.97. The van der Waals surface area contributed by atoms with Crippen molar-refractivity contribution in [2.24, 2.45) is 0 Å². The largest absolute Gasteiger partial charge is 0.508 e. The third kappa shape index (κ3) is 3.44. The maximum atomic E-state index is 12.0. The highest BCUT2D eigenvalue weighted by Gasteiger charge is 2.21. The molecule has 144 valence electrons. The summed E-state index contributed by atoms with van der Waals surface area (Å²) in [6.45, 7) is 2.49. The first-order chi connectivity index (χ1) is 13.6. The lowest BCUT2D eigenvalue weighted by molar-refractivity contribution is 0.0594. The number of morpholine rings is 1. The van der Waals surface area contributed by atoms with Gasteiger partial charge in [-0.2, -0.15) is 0 Å². The topological polar surface area (TPSA) is 97.7 Å². The molecule has 1 saturated heterocycles. The molecule has 1 N–H and O–H groups in total. The van der Waals surface area contributed by atoms with E-state index >= 15 is 0 Å². The summed E-state index contributed by atoms with van der Waals surface area (Å²) in [5.41, 5.74) is 2.12. The predicted octanol–water partition coefficient (Wildman–Crippen LogP) is 2.67. The number of halogens is 1. The van der Waals surface area contributed by atoms with Crippen LogP contribution < -0.4 is 4.90 Å². The van der Waals surface area contributed by atoms with Crippen LogP contribution in [0, 0.1) is 0 Å². The quantitative estimate of drug-likeness (QED) is 0.670. The van der Waals surface area contributed by atoms with E-state index in [1.165, 1.54) is 13.2 Å². The summed E-state index contributed by atoms with van der Waals surface area (Å²) in [7, 11) is 1.28. The molecular formula is C19H17ClN4O4. The number of esters is 1. The number of anilines is 1. The zero-order valence-electron chi connectivity index (χ0n) is 15.1. The van der Waals surface area contributed by atoms with E-state index < -0.39 is 5.97 Å². The molecule has 0 bridgehead atoms. The van der Waals surface area contributed by atoms with Crippen LogP contribution in [0.5, 0.6) is 5.75 Å². The number of fused-ring (bicyclic) bond motifs is 1. The van der Waals surface area contributed by atoms with Crippen LogP contribution in [0.15, 0.2) is 30.3 Å². The Hall–Kier alpha value is -2.97. The van der Waals surface area contributed by atoms with E-state index in [4.69, 9.17) is 26.1 Å². The lowest BCUT2D eigenvalue weighted by Gasteiger charge is -2.27. The molecule has 9 heteroatoms. The minimum Gasteiger partial charge on any atom is -0.508 e. The Morgan fingerprint density at radius 1 is 1.14 bits per heavy atom. The molecule has 1 aliphatic rings. The predicted molar refractivity (Wildman–Crippen MR) is 104 cm³/mol. The van der Waals surface area contributed by atoms with Crippen molar-refractivity contribution in [1.29, 1.82) is 0 Å². The number of benzene rings is 1. The van der Waals surface area contributed by atoms with E-state index in [1.807, 2.05) is 4.90 Å². The summed E-state index contributed by atoms with van der Waals surface area (Å²) in [4.78, 5) is 27.7. The summed E-state index contributed by atoms with van der Waals surface area (Å²) < 4.78 is 10.2. The third-order valence-corrected chi connectivity index (χ3v) is 4.71. The molecule has 4 rings (SSSR count). The van der Waals surface area contributed by atoms with Crippen LogP contribution in [0.1, 0.15) is 10.5 Å². The molecule has 1 fully saturated rings. The van der Waals surface area contributed by atoms with Gasteiger partial charge in [0.15, 0.2) is 5.69 Å². The number of carbonyl (C=O) groups is 1. The van der Waals surface area contributed by atoms with Crippen LogP contribution in [0.25, 0.3) is 22.3 Å². The zero-order valence-corrected chi connectivity index (χ0v) is 15.8. The van der Waals surface area contributed by atoms with Gasteiger partial charge in [-0.1, -0.05) is 11.6 Å². The van der Waals surface area contributed by atoms with Crippen molar-refractivity contribution in [3.8, 4) is 17.0 Å². The molecule has 8 nitrogen and oxygen atoms in total. The lowest BCUT2D eigenvalue weighted by atomic mass is 10.1. The van der Waals surface area contributed by atoms with E-state index in [1.54, 1.807) is 24.3 Å². The number of rotatable bonds is 3. The number of phenols is 1. The highest BCUT2D eigenvalue weighted by Crippen LogP contribution is 2.32. The molecule has 0 unspecified atom stereocenters. The molecule has 3 aromatic rings. The molecule has 3 heterocycles. The van der Waals surface area contributed by atoms with Gasteiger partial charge in [0.2, 0.25) is 5.95 Å². The summed E-state index contributed by atoms with van der Waals surface area (Å²) in [6, 6.07) is 8.00. The lowest BCUT2D eigenvalue weighted by Crippen LogP contribution is -2.37. The number of methoxy groups -OCH3 is 1. The summed E-state index contributed by atoms with van der Waals surface area (Å²) >= 11 is 6.44. The summed E-state index contributed by atoms with van der Waals surface area (Å²) in [5.74, 6) is 0.0443. The van der Waals surface area contributed by atoms with Crippen LogP contribution in [0.4, 0.5) is 5.95 Å². The summed E-state index contributed by atoms with van der Waals surface area (Å²) in [6.07, 6.45) is 0. The Bertz CT molecular complexity index is 1040. The maximum Gasteiger partial charge on any atom is 0.356 e. The third-order valence-electron chi connectivity index (χ3n) is 4.42. The van der Waals surface area contributed by atoms with Gasteiger partial charge in [-0.3, -0.25) is 0 Å². The molecule has 1 aliphatic heterocycles. The number of phenolic OH excluding ortho intramolecular Hbond substituents is 1. The molecule has 0 aliphatic carbocycles. The number of hydrogen-bond acceptors (Lipinski definition) is 8.